The predicted molar refractivity (Wildman–Crippen MR) is 459 cm³/mol. The van der Waals surface area contributed by atoms with Crippen LogP contribution in [0.5, 0.6) is 0 Å². The predicted octanol–water partition coefficient (Wildman–Crippen LogP) is 22.0. The quantitative estimate of drug-likeness (QED) is 0.0708. The first-order valence-corrected chi connectivity index (χ1v) is 38.7. The number of aromatic amines is 2. The van der Waals surface area contributed by atoms with E-state index in [4.69, 9.17) is 131 Å². The van der Waals surface area contributed by atoms with Crippen molar-refractivity contribution in [3.05, 3.63) is 99.9 Å². The third kappa shape index (κ3) is 26.8. The number of benzene rings is 4. The van der Waals surface area contributed by atoms with Crippen molar-refractivity contribution in [2.75, 3.05) is 0 Å². The van der Waals surface area contributed by atoms with E-state index in [0.29, 0.717) is 137 Å². The first kappa shape index (κ1) is 106. The molecule has 538 valence electrons. The van der Waals surface area contributed by atoms with Gasteiger partial charge in [0.05, 0.1) is 0 Å². The van der Waals surface area contributed by atoms with Gasteiger partial charge in [0.1, 0.15) is 22.9 Å². The monoisotopic (exact) mass is 1920 g/mol. The van der Waals surface area contributed by atoms with Crippen molar-refractivity contribution in [3.63, 3.8) is 0 Å². The maximum Gasteiger partial charge on any atom is 2.00 e. The second-order valence-electron chi connectivity index (χ2n) is 22.7. The minimum absolute atomic E-state index is 0. The van der Waals surface area contributed by atoms with Gasteiger partial charge in [-0.05, 0) is 51.4 Å². The zero-order valence-electron chi connectivity index (χ0n) is 63.6. The Hall–Kier alpha value is -0.805. The summed E-state index contributed by atoms with van der Waals surface area (Å²) in [6.45, 7) is 62.5. The Labute approximate surface area is 722 Å². The van der Waals surface area contributed by atoms with Crippen LogP contribution in [0.3, 0.4) is 0 Å². The Bertz CT molecular complexity index is 3320. The Kier molecular flexibility index (Phi) is 60.5. The molecule has 2 N–H and O–H groups in total. The molecule has 8 bridgehead atoms. The van der Waals surface area contributed by atoms with Crippen LogP contribution in [0.4, 0.5) is 0 Å². The van der Waals surface area contributed by atoms with Crippen LogP contribution in [0.15, 0.2) is 39.2 Å². The van der Waals surface area contributed by atoms with Gasteiger partial charge < -0.3 is 111 Å². The number of nitrogens with zero attached hydrogens (tertiary/aromatic N) is 6. The summed E-state index contributed by atoms with van der Waals surface area (Å²) in [7, 11) is 0. The van der Waals surface area contributed by atoms with Crippen molar-refractivity contribution < 1.29 is 0 Å². The number of rotatable bonds is 16. The number of unbranched alkanes of at least 4 members (excludes halogenated alkanes) is 8. The topological polar surface area (TPSA) is 109 Å². The van der Waals surface area contributed by atoms with Crippen molar-refractivity contribution >= 4 is 219 Å². The molecule has 0 saturated carbocycles. The third-order valence-corrected chi connectivity index (χ3v) is 19.8. The summed E-state index contributed by atoms with van der Waals surface area (Å²) in [5.74, 6) is 2.96. The summed E-state index contributed by atoms with van der Waals surface area (Å²) in [6, 6.07) is 0. The van der Waals surface area contributed by atoms with E-state index in [0.717, 1.165) is 140 Å². The Balaban J connectivity index is -0.00000108. The van der Waals surface area contributed by atoms with E-state index in [1.165, 1.54) is 51.4 Å². The van der Waals surface area contributed by atoms with E-state index in [2.05, 4.69) is 176 Å². The molecule has 16 radical (unpaired) electrons. The number of aromatic nitrogens is 8. The first-order valence-electron chi connectivity index (χ1n) is 35.5. The average Bonchev–Trinajstić information content (AvgIpc) is 1.56. The van der Waals surface area contributed by atoms with Crippen molar-refractivity contribution in [2.45, 2.75) is 304 Å². The smallest absolute Gasteiger partial charge is 0.781 e. The first-order chi connectivity index (χ1) is 46.1. The van der Waals surface area contributed by atoms with Crippen molar-refractivity contribution in [1.29, 1.82) is 0 Å². The molecule has 0 aliphatic carbocycles. The summed E-state index contributed by atoms with van der Waals surface area (Å²) in [5.41, 5.74) is 13.4. The molecule has 0 spiro atoms. The SMILES string of the molecule is CCc1c([S-])c([S-])c(CC)c2c1-c1nc-2nc2[nH]c(nc3nc([nH]c4nc(n1)-c1c(CC)c([S-])c([S-])c(CC)c1-4)-c1c(CC)c([S-])c([S-])c(CC)c1-3)c1c(CC)c([S-])c([S-])c(CC)c21.[CH2]CCC.[CH2]CCC.[CH2]CCC.[CH2]CCC.[CH2]CCC.[CH2]CCC.[CH2]CCC.[CH2]CCC.[Sn+2].[Sn+2].[Sn+2].[Sn+2]. The molecule has 0 saturated heterocycles. The normalized spacial score (nSPS) is 10.2. The Morgan fingerprint density at radius 1 is 0.230 bits per heavy atom. The van der Waals surface area contributed by atoms with Crippen LogP contribution in [0.25, 0.3) is 90.4 Å². The van der Waals surface area contributed by atoms with E-state index in [9.17, 15) is 0 Å². The molecule has 4 aromatic carbocycles. The fraction of sp³-hybridized carbons (Fsp3) is 0.500. The fourth-order valence-electron chi connectivity index (χ4n) is 9.92. The number of H-pyrrole nitrogens is 2. The molecule has 0 fully saturated rings. The van der Waals surface area contributed by atoms with Crippen molar-refractivity contribution in [1.82, 2.24) is 39.9 Å². The molecule has 9 rings (SSSR count). The van der Waals surface area contributed by atoms with Crippen LogP contribution >= 0.6 is 0 Å². The van der Waals surface area contributed by atoms with Gasteiger partial charge in [0.15, 0.2) is 23.3 Å². The van der Waals surface area contributed by atoms with E-state index < -0.39 is 0 Å². The molecule has 0 atom stereocenters. The molecule has 100 heavy (non-hydrogen) atoms. The standard InChI is InChI=1S/C48H50N8S8.8C4H9.4Sn/c1-9-17-25-26(18(10-2)34(58)33(17)57)42-49-41(25)53-43-27-19(11-3)35(59)36(60)20(12-4)28(27)45(50-43)55-47-31-23(15-7)39(63)40(64)24(16-8)32(31)48(52-47)56-46-30-22(14-6)38(62)37(61)21(13-5)29(30)44(51-46)54-42;8*1-3-4-2;;;;/h57-64H,9-16H2,1-8H3,(H2,49,50,51,52,53,54,55,56);8*1,3-4H2,2H3;;;;/q;;;;;;;;;4*+2/p-8. The minimum Gasteiger partial charge on any atom is -0.781 e. The summed E-state index contributed by atoms with van der Waals surface area (Å²) in [4.78, 5) is 45.0. The van der Waals surface area contributed by atoms with Crippen molar-refractivity contribution in [2.24, 2.45) is 0 Å². The number of hydrogen-bond donors (Lipinski definition) is 2. The molecule has 0 unspecified atom stereocenters. The van der Waals surface area contributed by atoms with Gasteiger partial charge in [-0.25, -0.2) is 29.9 Å². The van der Waals surface area contributed by atoms with Gasteiger partial charge in [-0.2, -0.15) is 39.2 Å². The maximum absolute atomic E-state index is 6.13. The molecule has 8 nitrogen and oxygen atoms in total. The Morgan fingerprint density at radius 2 is 0.390 bits per heavy atom. The maximum atomic E-state index is 6.13. The summed E-state index contributed by atoms with van der Waals surface area (Å²) in [6.07, 6.45) is 23.2. The van der Waals surface area contributed by atoms with Gasteiger partial charge in [-0.15, -0.1) is 0 Å². The molecular formula is C80H114N8S8Sn4. The summed E-state index contributed by atoms with van der Waals surface area (Å²) in [5, 5.41) is 1.70. The van der Waals surface area contributed by atoms with Crippen molar-refractivity contribution in [3.8, 4) is 68.3 Å². The van der Waals surface area contributed by atoms with Gasteiger partial charge >= 0.3 is 95.6 Å². The largest absolute Gasteiger partial charge is 2.00 e. The molecule has 3 aliphatic rings. The third-order valence-electron chi connectivity index (χ3n) is 15.7. The summed E-state index contributed by atoms with van der Waals surface area (Å²) < 4.78 is 0. The molecule has 5 heterocycles. The summed E-state index contributed by atoms with van der Waals surface area (Å²) >= 11 is 49.0. The fourth-order valence-corrected chi connectivity index (χ4v) is 12.9. The number of aryl methyl sites for hydroxylation is 2. The minimum atomic E-state index is 0. The number of hydrogen-bond acceptors (Lipinski definition) is 14. The Morgan fingerprint density at radius 3 is 0.590 bits per heavy atom. The van der Waals surface area contributed by atoms with Gasteiger partial charge in [-0.1, -0.05) is 313 Å². The van der Waals surface area contributed by atoms with Crippen LogP contribution in [0, 0.1) is 55.4 Å². The van der Waals surface area contributed by atoms with Crippen LogP contribution < -0.4 is 0 Å². The van der Waals surface area contributed by atoms with Gasteiger partial charge in [-0.3, -0.25) is 0 Å². The van der Waals surface area contributed by atoms with Gasteiger partial charge in [0.25, 0.3) is 0 Å². The van der Waals surface area contributed by atoms with Crippen LogP contribution in [0.2, 0.25) is 0 Å². The van der Waals surface area contributed by atoms with Gasteiger partial charge in [0, 0.05) is 44.2 Å². The van der Waals surface area contributed by atoms with E-state index in [1.807, 2.05) is 0 Å². The zero-order chi connectivity index (χ0) is 73.1. The molecule has 6 aromatic rings. The average molecular weight is 1920 g/mol. The molecule has 3 aliphatic heterocycles. The zero-order valence-corrected chi connectivity index (χ0v) is 81.5. The van der Waals surface area contributed by atoms with E-state index in [-0.39, 0.29) is 95.6 Å². The number of nitrogens with one attached hydrogen (secondary N) is 2. The van der Waals surface area contributed by atoms with Gasteiger partial charge in [0.2, 0.25) is 0 Å². The second kappa shape index (κ2) is 57.3. The second-order valence-corrected chi connectivity index (χ2v) is 26.0. The molecular weight excluding hydrogens is 1800 g/mol. The van der Waals surface area contributed by atoms with E-state index in [1.54, 1.807) is 0 Å². The molecule has 0 amide bonds. The van der Waals surface area contributed by atoms with Crippen LogP contribution in [0.1, 0.15) is 258 Å². The van der Waals surface area contributed by atoms with Crippen LogP contribution in [-0.2, 0) is 152 Å². The van der Waals surface area contributed by atoms with E-state index >= 15 is 0 Å². The van der Waals surface area contributed by atoms with Crippen LogP contribution in [-0.4, -0.2) is 136 Å². The molecule has 20 heteroatoms. The molecule has 2 aromatic heterocycles. The number of fused-ring (bicyclic) bond motifs is 20.